The van der Waals surface area contributed by atoms with Gasteiger partial charge in [0.1, 0.15) is 0 Å². The molecule has 0 aliphatic heterocycles. The molecule has 0 amide bonds. The maximum Gasteiger partial charge on any atom is 0.0701 e. The Labute approximate surface area is 118 Å². The minimum atomic E-state index is 0.938. The molecular formula is C18H14N2. The van der Waals surface area contributed by atoms with Gasteiger partial charge in [-0.25, -0.2) is 0 Å². The summed E-state index contributed by atoms with van der Waals surface area (Å²) in [5, 5.41) is 0. The van der Waals surface area contributed by atoms with Crippen molar-refractivity contribution in [3.63, 3.8) is 0 Å². The third kappa shape index (κ3) is 2.98. The molecular weight excluding hydrogens is 244 g/mol. The highest BCUT2D eigenvalue weighted by atomic mass is 14.7. The number of aliphatic imine (C=N–C) groups is 1. The summed E-state index contributed by atoms with van der Waals surface area (Å²) in [5.74, 6) is 0. The number of benzene rings is 2. The van der Waals surface area contributed by atoms with Gasteiger partial charge in [-0.05, 0) is 29.8 Å². The Hall–Kier alpha value is -2.74. The summed E-state index contributed by atoms with van der Waals surface area (Å²) in [4.78, 5) is 8.80. The minimum absolute atomic E-state index is 0.938. The van der Waals surface area contributed by atoms with E-state index in [-0.39, 0.29) is 0 Å². The monoisotopic (exact) mass is 258 g/mol. The molecule has 0 saturated heterocycles. The van der Waals surface area contributed by atoms with E-state index in [1.54, 1.807) is 6.20 Å². The summed E-state index contributed by atoms with van der Waals surface area (Å²) in [5.41, 5.74) is 4.12. The van der Waals surface area contributed by atoms with Crippen molar-refractivity contribution in [3.8, 4) is 11.3 Å². The molecule has 2 heteroatoms. The van der Waals surface area contributed by atoms with Crippen LogP contribution < -0.4 is 0 Å². The minimum Gasteiger partial charge on any atom is -0.256 e. The molecule has 0 aliphatic rings. The Morgan fingerprint density at radius 1 is 0.750 bits per heavy atom. The lowest BCUT2D eigenvalue weighted by molar-refractivity contribution is 1.32. The van der Waals surface area contributed by atoms with E-state index < -0.39 is 0 Å². The van der Waals surface area contributed by atoms with Crippen molar-refractivity contribution in [3.05, 3.63) is 84.6 Å². The first-order valence-electron chi connectivity index (χ1n) is 6.52. The fourth-order valence-corrected chi connectivity index (χ4v) is 1.94. The summed E-state index contributed by atoms with van der Waals surface area (Å²) in [7, 11) is 0. The number of hydrogen-bond acceptors (Lipinski definition) is 2. The normalized spacial score (nSPS) is 10.8. The van der Waals surface area contributed by atoms with E-state index in [4.69, 9.17) is 0 Å². The quantitative estimate of drug-likeness (QED) is 0.635. The van der Waals surface area contributed by atoms with Crippen molar-refractivity contribution in [2.75, 3.05) is 0 Å². The molecule has 1 heterocycles. The van der Waals surface area contributed by atoms with Crippen molar-refractivity contribution in [2.45, 2.75) is 0 Å². The molecule has 0 spiro atoms. The van der Waals surface area contributed by atoms with Crippen LogP contribution in [0.4, 0.5) is 5.69 Å². The maximum atomic E-state index is 4.47. The summed E-state index contributed by atoms with van der Waals surface area (Å²) in [6, 6.07) is 24.1. The van der Waals surface area contributed by atoms with E-state index in [0.717, 1.165) is 22.5 Å². The molecule has 3 aromatic rings. The summed E-state index contributed by atoms with van der Waals surface area (Å²) in [6.07, 6.45) is 3.67. The molecule has 2 nitrogen and oxygen atoms in total. The number of pyridine rings is 1. The molecule has 0 aliphatic carbocycles. The third-order valence-electron chi connectivity index (χ3n) is 2.99. The van der Waals surface area contributed by atoms with Crippen LogP contribution in [0, 0.1) is 0 Å². The second kappa shape index (κ2) is 5.93. The van der Waals surface area contributed by atoms with Gasteiger partial charge in [0, 0.05) is 18.0 Å². The first kappa shape index (κ1) is 12.3. The first-order chi connectivity index (χ1) is 9.92. The Morgan fingerprint density at radius 3 is 2.20 bits per heavy atom. The number of nitrogens with zero attached hydrogens (tertiary/aromatic N) is 2. The second-order valence-corrected chi connectivity index (χ2v) is 4.43. The van der Waals surface area contributed by atoms with E-state index in [1.807, 2.05) is 79.0 Å². The standard InChI is InChI=1S/C18H14N2/c1-2-6-15(7-3-1)14-20-17-11-9-16(10-12-17)18-8-4-5-13-19-18/h1-14H. The van der Waals surface area contributed by atoms with Crippen LogP contribution in [-0.4, -0.2) is 11.2 Å². The van der Waals surface area contributed by atoms with Crippen LogP contribution in [0.25, 0.3) is 11.3 Å². The van der Waals surface area contributed by atoms with Crippen LogP contribution in [0.3, 0.4) is 0 Å². The highest BCUT2D eigenvalue weighted by Gasteiger charge is 1.97. The van der Waals surface area contributed by atoms with Gasteiger partial charge in [0.25, 0.3) is 0 Å². The van der Waals surface area contributed by atoms with Crippen LogP contribution in [0.2, 0.25) is 0 Å². The molecule has 0 bridgehead atoms. The predicted molar refractivity (Wildman–Crippen MR) is 83.4 cm³/mol. The van der Waals surface area contributed by atoms with Crippen LogP contribution in [0.15, 0.2) is 84.0 Å². The first-order valence-corrected chi connectivity index (χ1v) is 6.52. The highest BCUT2D eigenvalue weighted by molar-refractivity contribution is 5.82. The van der Waals surface area contributed by atoms with Gasteiger partial charge in [-0.15, -0.1) is 0 Å². The van der Waals surface area contributed by atoms with E-state index in [0.29, 0.717) is 0 Å². The SMILES string of the molecule is C(=Nc1ccc(-c2ccccn2)cc1)c1ccccc1. The molecule has 0 fully saturated rings. The zero-order chi connectivity index (χ0) is 13.6. The van der Waals surface area contributed by atoms with Gasteiger partial charge in [0.2, 0.25) is 0 Å². The lowest BCUT2D eigenvalue weighted by atomic mass is 10.1. The average molecular weight is 258 g/mol. The van der Waals surface area contributed by atoms with Crippen LogP contribution in [-0.2, 0) is 0 Å². The fraction of sp³-hybridized carbons (Fsp3) is 0. The maximum absolute atomic E-state index is 4.47. The lowest BCUT2D eigenvalue weighted by Crippen LogP contribution is -1.81. The van der Waals surface area contributed by atoms with Crippen LogP contribution in [0.1, 0.15) is 5.56 Å². The lowest BCUT2D eigenvalue weighted by Gasteiger charge is -2.00. The van der Waals surface area contributed by atoms with Crippen LogP contribution in [0.5, 0.6) is 0 Å². The fourth-order valence-electron chi connectivity index (χ4n) is 1.94. The van der Waals surface area contributed by atoms with Gasteiger partial charge >= 0.3 is 0 Å². The topological polar surface area (TPSA) is 25.2 Å². The van der Waals surface area contributed by atoms with Crippen molar-refractivity contribution in [1.29, 1.82) is 0 Å². The Morgan fingerprint density at radius 2 is 1.50 bits per heavy atom. The number of hydrogen-bond donors (Lipinski definition) is 0. The summed E-state index contributed by atoms with van der Waals surface area (Å²) < 4.78 is 0. The third-order valence-corrected chi connectivity index (χ3v) is 2.99. The Kier molecular flexibility index (Phi) is 3.65. The van der Waals surface area contributed by atoms with Gasteiger partial charge < -0.3 is 0 Å². The molecule has 3 rings (SSSR count). The van der Waals surface area contributed by atoms with Gasteiger partial charge in [-0.3, -0.25) is 9.98 Å². The van der Waals surface area contributed by atoms with E-state index in [2.05, 4.69) is 9.98 Å². The van der Waals surface area contributed by atoms with Gasteiger partial charge in [0.15, 0.2) is 0 Å². The zero-order valence-electron chi connectivity index (χ0n) is 11.0. The second-order valence-electron chi connectivity index (χ2n) is 4.43. The van der Waals surface area contributed by atoms with E-state index in [9.17, 15) is 0 Å². The summed E-state index contributed by atoms with van der Waals surface area (Å²) in [6.45, 7) is 0. The molecule has 96 valence electrons. The molecule has 0 unspecified atom stereocenters. The van der Waals surface area contributed by atoms with Gasteiger partial charge in [-0.1, -0.05) is 48.5 Å². The number of rotatable bonds is 3. The highest BCUT2D eigenvalue weighted by Crippen LogP contribution is 2.20. The summed E-state index contributed by atoms with van der Waals surface area (Å²) >= 11 is 0. The molecule has 0 saturated carbocycles. The molecule has 0 N–H and O–H groups in total. The van der Waals surface area contributed by atoms with Crippen LogP contribution >= 0.6 is 0 Å². The molecule has 0 atom stereocenters. The van der Waals surface area contributed by atoms with Crippen molar-refractivity contribution in [1.82, 2.24) is 4.98 Å². The smallest absolute Gasteiger partial charge is 0.0701 e. The Bertz CT molecular complexity index is 687. The largest absolute Gasteiger partial charge is 0.256 e. The van der Waals surface area contributed by atoms with Crippen molar-refractivity contribution >= 4 is 11.9 Å². The average Bonchev–Trinajstić information content (AvgIpc) is 2.55. The van der Waals surface area contributed by atoms with E-state index in [1.165, 1.54) is 0 Å². The molecule has 1 aromatic heterocycles. The van der Waals surface area contributed by atoms with Crippen molar-refractivity contribution in [2.24, 2.45) is 4.99 Å². The Balaban J connectivity index is 1.79. The van der Waals surface area contributed by atoms with Gasteiger partial charge in [0.05, 0.1) is 11.4 Å². The molecule has 20 heavy (non-hydrogen) atoms. The zero-order valence-corrected chi connectivity index (χ0v) is 11.0. The molecule has 0 radical (unpaired) electrons. The van der Waals surface area contributed by atoms with E-state index >= 15 is 0 Å². The van der Waals surface area contributed by atoms with Crippen molar-refractivity contribution < 1.29 is 0 Å². The number of aromatic nitrogens is 1. The van der Waals surface area contributed by atoms with Gasteiger partial charge in [-0.2, -0.15) is 0 Å². The predicted octanol–water partition coefficient (Wildman–Crippen LogP) is 4.50. The molecule has 2 aromatic carbocycles.